The summed E-state index contributed by atoms with van der Waals surface area (Å²) in [6, 6.07) is 13.1. The van der Waals surface area contributed by atoms with Crippen molar-refractivity contribution >= 4 is 50.1 Å². The molecule has 0 saturated carbocycles. The molecule has 2 aromatic carbocycles. The lowest BCUT2D eigenvalue weighted by atomic mass is 10.1. The van der Waals surface area contributed by atoms with Gasteiger partial charge in [-0.1, -0.05) is 32.0 Å². The van der Waals surface area contributed by atoms with Gasteiger partial charge in [-0.25, -0.2) is 13.4 Å². The number of amides is 2. The fourth-order valence-corrected chi connectivity index (χ4v) is 5.39. The molecule has 0 spiro atoms. The zero-order valence-electron chi connectivity index (χ0n) is 18.7. The van der Waals surface area contributed by atoms with Crippen molar-refractivity contribution in [2.24, 2.45) is 5.92 Å². The van der Waals surface area contributed by atoms with E-state index in [9.17, 15) is 18.0 Å². The minimum absolute atomic E-state index is 0.0528. The molecule has 1 aliphatic heterocycles. The Labute approximate surface area is 202 Å². The van der Waals surface area contributed by atoms with Gasteiger partial charge in [0.15, 0.2) is 5.13 Å². The third kappa shape index (κ3) is 5.35. The summed E-state index contributed by atoms with van der Waals surface area (Å²) in [5, 5.41) is 4.76. The van der Waals surface area contributed by atoms with Crippen molar-refractivity contribution in [3.63, 3.8) is 0 Å². The van der Waals surface area contributed by atoms with Crippen LogP contribution in [0.15, 0.2) is 70.6 Å². The van der Waals surface area contributed by atoms with Gasteiger partial charge >= 0.3 is 0 Å². The first-order chi connectivity index (χ1) is 16.2. The van der Waals surface area contributed by atoms with Crippen LogP contribution in [0.5, 0.6) is 0 Å². The molecule has 2 amide bonds. The van der Waals surface area contributed by atoms with Crippen molar-refractivity contribution in [1.29, 1.82) is 0 Å². The number of thiazole rings is 1. The van der Waals surface area contributed by atoms with E-state index in [2.05, 4.69) is 15.0 Å². The Bertz CT molecular complexity index is 1330. The molecule has 0 saturated heterocycles. The van der Waals surface area contributed by atoms with Crippen molar-refractivity contribution in [3.8, 4) is 0 Å². The van der Waals surface area contributed by atoms with Crippen LogP contribution in [0.25, 0.3) is 6.08 Å². The van der Waals surface area contributed by atoms with E-state index in [1.54, 1.807) is 22.4 Å². The lowest BCUT2D eigenvalue weighted by molar-refractivity contribution is -0.113. The van der Waals surface area contributed by atoms with Crippen LogP contribution in [0.1, 0.15) is 29.8 Å². The van der Waals surface area contributed by atoms with Gasteiger partial charge in [0.2, 0.25) is 0 Å². The Morgan fingerprint density at radius 1 is 1.15 bits per heavy atom. The average Bonchev–Trinajstić information content (AvgIpc) is 3.25. The Kier molecular flexibility index (Phi) is 6.80. The number of nitrogens with one attached hydrogen (secondary N) is 2. The van der Waals surface area contributed by atoms with E-state index in [4.69, 9.17) is 0 Å². The number of anilines is 2. The molecule has 176 valence electrons. The molecule has 0 bridgehead atoms. The van der Waals surface area contributed by atoms with E-state index in [1.165, 1.54) is 41.8 Å². The van der Waals surface area contributed by atoms with Crippen LogP contribution in [0.3, 0.4) is 0 Å². The van der Waals surface area contributed by atoms with Crippen molar-refractivity contribution in [2.45, 2.75) is 18.7 Å². The number of hydrogen-bond donors (Lipinski definition) is 2. The first kappa shape index (κ1) is 23.7. The van der Waals surface area contributed by atoms with Crippen molar-refractivity contribution in [2.75, 3.05) is 23.1 Å². The molecule has 2 heterocycles. The Morgan fingerprint density at radius 3 is 2.56 bits per heavy atom. The minimum atomic E-state index is -3.78. The quantitative estimate of drug-likeness (QED) is 0.512. The predicted molar refractivity (Wildman–Crippen MR) is 133 cm³/mol. The molecule has 34 heavy (non-hydrogen) atoms. The van der Waals surface area contributed by atoms with Gasteiger partial charge in [-0.15, -0.1) is 11.3 Å². The van der Waals surface area contributed by atoms with Gasteiger partial charge in [-0.2, -0.15) is 0 Å². The maximum absolute atomic E-state index is 13.1. The van der Waals surface area contributed by atoms with Gasteiger partial charge in [0.05, 0.1) is 11.4 Å². The molecule has 3 aromatic rings. The number of carbonyl (C=O) groups excluding carboxylic acids is 2. The molecular weight excluding hydrogens is 472 g/mol. The molecular formula is C24H24N4O4S2. The van der Waals surface area contributed by atoms with Crippen LogP contribution in [-0.4, -0.2) is 43.2 Å². The first-order valence-corrected chi connectivity index (χ1v) is 13.0. The van der Waals surface area contributed by atoms with Gasteiger partial charge in [-0.05, 0) is 47.9 Å². The summed E-state index contributed by atoms with van der Waals surface area (Å²) in [7, 11) is -3.78. The van der Waals surface area contributed by atoms with Crippen LogP contribution < -0.4 is 10.0 Å². The SMILES string of the molecule is CC(C)CN1CC(C(=O)Nc2ccc(S(=O)(=O)Nc3nccs3)cc2)=Cc2ccccc2C1=O. The normalized spacial score (nSPS) is 13.8. The lowest BCUT2D eigenvalue weighted by Crippen LogP contribution is -2.36. The summed E-state index contributed by atoms with van der Waals surface area (Å²) in [4.78, 5) is 31.8. The number of hydrogen-bond acceptors (Lipinski definition) is 6. The van der Waals surface area contributed by atoms with E-state index in [-0.39, 0.29) is 34.3 Å². The molecule has 1 aromatic heterocycles. The summed E-state index contributed by atoms with van der Waals surface area (Å²) >= 11 is 1.18. The number of carbonyl (C=O) groups is 2. The summed E-state index contributed by atoms with van der Waals surface area (Å²) in [5.74, 6) is -0.216. The van der Waals surface area contributed by atoms with Gasteiger partial charge in [0.1, 0.15) is 0 Å². The van der Waals surface area contributed by atoms with Crippen LogP contribution in [0.4, 0.5) is 10.8 Å². The molecule has 8 nitrogen and oxygen atoms in total. The van der Waals surface area contributed by atoms with Gasteiger partial charge < -0.3 is 10.2 Å². The highest BCUT2D eigenvalue weighted by Gasteiger charge is 2.26. The Hall–Kier alpha value is -3.50. The van der Waals surface area contributed by atoms with E-state index in [0.29, 0.717) is 28.9 Å². The number of aromatic nitrogens is 1. The fraction of sp³-hybridized carbons (Fsp3) is 0.208. The Morgan fingerprint density at radius 2 is 1.88 bits per heavy atom. The third-order valence-corrected chi connectivity index (χ3v) is 7.30. The maximum Gasteiger partial charge on any atom is 0.263 e. The average molecular weight is 497 g/mol. The number of fused-ring (bicyclic) bond motifs is 1. The zero-order chi connectivity index (χ0) is 24.3. The van der Waals surface area contributed by atoms with Crippen LogP contribution >= 0.6 is 11.3 Å². The smallest absolute Gasteiger partial charge is 0.263 e. The minimum Gasteiger partial charge on any atom is -0.334 e. The molecule has 4 rings (SSSR count). The fourth-order valence-electron chi connectivity index (χ4n) is 3.60. The third-order valence-electron chi connectivity index (χ3n) is 5.12. The molecule has 1 aliphatic rings. The second kappa shape index (κ2) is 9.78. The molecule has 0 fully saturated rings. The Balaban J connectivity index is 1.53. The largest absolute Gasteiger partial charge is 0.334 e. The molecule has 10 heteroatoms. The highest BCUT2D eigenvalue weighted by atomic mass is 32.2. The molecule has 0 atom stereocenters. The lowest BCUT2D eigenvalue weighted by Gasteiger charge is -2.24. The van der Waals surface area contributed by atoms with Crippen LogP contribution in [0.2, 0.25) is 0 Å². The summed E-state index contributed by atoms with van der Waals surface area (Å²) in [6.07, 6.45) is 3.25. The zero-order valence-corrected chi connectivity index (χ0v) is 20.3. The van der Waals surface area contributed by atoms with Gasteiger partial charge in [-0.3, -0.25) is 14.3 Å². The second-order valence-corrected chi connectivity index (χ2v) is 10.8. The predicted octanol–water partition coefficient (Wildman–Crippen LogP) is 4.08. The molecule has 0 aliphatic carbocycles. The molecule has 0 unspecified atom stereocenters. The second-order valence-electron chi connectivity index (χ2n) is 8.26. The van der Waals surface area contributed by atoms with Crippen molar-refractivity contribution < 1.29 is 18.0 Å². The summed E-state index contributed by atoms with van der Waals surface area (Å²) < 4.78 is 27.4. The number of sulfonamides is 1. The van der Waals surface area contributed by atoms with E-state index in [0.717, 1.165) is 0 Å². The highest BCUT2D eigenvalue weighted by molar-refractivity contribution is 7.93. The topological polar surface area (TPSA) is 108 Å². The van der Waals surface area contributed by atoms with Crippen LogP contribution in [0, 0.1) is 5.92 Å². The van der Waals surface area contributed by atoms with Gasteiger partial charge in [0, 0.05) is 34.9 Å². The van der Waals surface area contributed by atoms with Crippen LogP contribution in [-0.2, 0) is 14.8 Å². The van der Waals surface area contributed by atoms with E-state index in [1.807, 2.05) is 32.0 Å². The summed E-state index contributed by atoms with van der Waals surface area (Å²) in [5.41, 5.74) is 2.14. The first-order valence-electron chi connectivity index (χ1n) is 10.7. The maximum atomic E-state index is 13.1. The van der Waals surface area contributed by atoms with Gasteiger partial charge in [0.25, 0.3) is 21.8 Å². The monoisotopic (exact) mass is 496 g/mol. The summed E-state index contributed by atoms with van der Waals surface area (Å²) in [6.45, 7) is 4.75. The van der Waals surface area contributed by atoms with E-state index >= 15 is 0 Å². The van der Waals surface area contributed by atoms with Crippen molar-refractivity contribution in [1.82, 2.24) is 9.88 Å². The highest BCUT2D eigenvalue weighted by Crippen LogP contribution is 2.24. The molecule has 2 N–H and O–H groups in total. The number of benzene rings is 2. The standard InChI is InChI=1S/C24H24N4O4S2/c1-16(2)14-28-15-18(13-17-5-3-4-6-21(17)23(28)30)22(29)26-19-7-9-20(10-8-19)34(31,32)27-24-25-11-12-33-24/h3-13,16H,14-15H2,1-2H3,(H,25,27)(H,26,29). The van der Waals surface area contributed by atoms with E-state index < -0.39 is 10.0 Å². The molecule has 0 radical (unpaired) electrons. The van der Waals surface area contributed by atoms with Crippen molar-refractivity contribution in [3.05, 3.63) is 76.8 Å². The number of rotatable bonds is 7. The number of nitrogens with zero attached hydrogens (tertiary/aromatic N) is 2.